The topological polar surface area (TPSA) is 323 Å². The molecule has 0 saturated carbocycles. The predicted octanol–water partition coefficient (Wildman–Crippen LogP) is -2.85. The van der Waals surface area contributed by atoms with Gasteiger partial charge in [-0.2, -0.15) is 0 Å². The van der Waals surface area contributed by atoms with E-state index in [-0.39, 0.29) is 138 Å². The number of amides is 1. The van der Waals surface area contributed by atoms with Crippen molar-refractivity contribution < 1.29 is 211 Å². The van der Waals surface area contributed by atoms with Crippen LogP contribution in [0, 0.1) is 0 Å². The molecule has 0 aliphatic rings. The molecule has 0 heterocycles. The normalized spacial score (nSPS) is 12.7. The van der Waals surface area contributed by atoms with Crippen molar-refractivity contribution in [2.45, 2.75) is 238 Å². The van der Waals surface area contributed by atoms with Gasteiger partial charge in [0.25, 0.3) is 0 Å². The first-order chi connectivity index (χ1) is 37.1. The molecule has 0 aliphatic carbocycles. The van der Waals surface area contributed by atoms with Gasteiger partial charge in [0.1, 0.15) is 12.2 Å². The van der Waals surface area contributed by atoms with Gasteiger partial charge in [0.2, 0.25) is 47.5 Å². The van der Waals surface area contributed by atoms with Gasteiger partial charge in [-0.15, -0.1) is 0 Å². The number of carbonyl (C=O) groups excluding carboxylic acids is 1. The molecule has 0 rings (SSSR count). The molecule has 0 radical (unpaired) electrons. The Bertz CT molecular complexity index is 1830. The van der Waals surface area contributed by atoms with Crippen molar-refractivity contribution in [3.8, 4) is 0 Å². The van der Waals surface area contributed by atoms with E-state index in [4.69, 9.17) is 18.9 Å². The number of hydrogen-bond acceptors (Lipinski definition) is 21. The molecule has 22 nitrogen and oxygen atoms in total. The van der Waals surface area contributed by atoms with Crippen LogP contribution in [-0.2, 0) is 82.1 Å². The van der Waals surface area contributed by atoms with Gasteiger partial charge >= 0.3 is 118 Å². The summed E-state index contributed by atoms with van der Waals surface area (Å²) in [5.41, 5.74) is 0. The Morgan fingerprint density at radius 3 is 1.00 bits per heavy atom. The van der Waals surface area contributed by atoms with E-state index in [9.17, 15) is 56.7 Å². The van der Waals surface area contributed by atoms with Crippen LogP contribution in [-0.4, -0.2) is 153 Å². The summed E-state index contributed by atoms with van der Waals surface area (Å²) in [6, 6.07) is -1.30. The first kappa shape index (κ1) is 93.0. The quantitative estimate of drug-likeness (QED) is 0.0195. The molecular weight excluding hydrogens is 1190 g/mol. The van der Waals surface area contributed by atoms with E-state index in [0.717, 1.165) is 96.3 Å². The van der Waals surface area contributed by atoms with Crippen molar-refractivity contribution in [2.24, 2.45) is 0 Å². The second kappa shape index (κ2) is 60.8. The summed E-state index contributed by atoms with van der Waals surface area (Å²) >= 11 is 0. The third kappa shape index (κ3) is 66.7. The van der Waals surface area contributed by atoms with Crippen molar-refractivity contribution in [3.63, 3.8) is 0 Å². The van der Waals surface area contributed by atoms with Crippen LogP contribution >= 0.6 is 0 Å². The summed E-state index contributed by atoms with van der Waals surface area (Å²) in [4.78, 5) is 15.6. The van der Waals surface area contributed by atoms with E-state index in [1.54, 1.807) is 6.92 Å². The van der Waals surface area contributed by atoms with Gasteiger partial charge in [0, 0.05) is 19.8 Å². The summed E-state index contributed by atoms with van der Waals surface area (Å²) in [5, 5.41) is 0. The van der Waals surface area contributed by atoms with Crippen LogP contribution in [0.2, 0.25) is 0 Å². The zero-order chi connectivity index (χ0) is 58.2. The zero-order valence-electron chi connectivity index (χ0n) is 51.1. The molecule has 0 bridgehead atoms. The Labute approximate surface area is 584 Å². The zero-order valence-corrected chi connectivity index (χ0v) is 62.3. The number of ether oxygens (including phenoxy) is 4. The molecule has 1 amide bonds. The van der Waals surface area contributed by atoms with Crippen molar-refractivity contribution in [3.05, 3.63) is 24.3 Å². The minimum Gasteiger partial charge on any atom is -0.726 e. The van der Waals surface area contributed by atoms with E-state index in [1.807, 2.05) is 0 Å². The molecule has 30 heteroatoms. The molecule has 0 spiro atoms. The summed E-state index contributed by atoms with van der Waals surface area (Å²) in [7, 11) is -21.5. The second-order valence-electron chi connectivity index (χ2n) is 19.6. The van der Waals surface area contributed by atoms with E-state index < -0.39 is 111 Å². The molecule has 0 saturated heterocycles. The van der Waals surface area contributed by atoms with Crippen LogP contribution in [0.4, 0.5) is 0 Å². The molecule has 0 fully saturated rings. The maximum atomic E-state index is 14.4. The molecular formula is C52H97NNa4O21S4. The molecule has 1 unspecified atom stereocenters. The largest absolute Gasteiger partial charge is 1.00 e. The Hall–Kier alpha value is 2.27. The third-order valence-corrected chi connectivity index (χ3v) is 14.1. The maximum Gasteiger partial charge on any atom is 1.00 e. The average molecular weight is 1290 g/mol. The van der Waals surface area contributed by atoms with E-state index in [2.05, 4.69) is 54.9 Å². The summed E-state index contributed by atoms with van der Waals surface area (Å²) in [5.74, 6) is -0.567. The smallest absolute Gasteiger partial charge is 0.726 e. The molecule has 82 heavy (non-hydrogen) atoms. The average Bonchev–Trinajstić information content (AvgIpc) is 3.36. The molecule has 0 aromatic carbocycles. The van der Waals surface area contributed by atoms with Crippen LogP contribution < -0.4 is 118 Å². The minimum atomic E-state index is -5.38. The van der Waals surface area contributed by atoms with Gasteiger partial charge in [0.05, 0.1) is 64.8 Å². The van der Waals surface area contributed by atoms with Gasteiger partial charge < -0.3 is 42.1 Å². The van der Waals surface area contributed by atoms with Crippen molar-refractivity contribution in [1.82, 2.24) is 4.90 Å². The summed E-state index contributed by atoms with van der Waals surface area (Å²) < 4.78 is 176. The predicted molar refractivity (Wildman–Crippen MR) is 292 cm³/mol. The Morgan fingerprint density at radius 2 is 0.683 bits per heavy atom. The minimum absolute atomic E-state index is 0. The van der Waals surface area contributed by atoms with E-state index >= 15 is 0 Å². The number of allylic oxidation sites excluding steroid dienone is 4. The number of nitrogens with zero attached hydrogens (tertiary/aromatic N) is 1. The van der Waals surface area contributed by atoms with E-state index in [1.165, 1.54) is 81.9 Å². The fourth-order valence-electron chi connectivity index (χ4n) is 8.14. The second-order valence-corrected chi connectivity index (χ2v) is 23.8. The fraction of sp³-hybridized carbons (Fsp3) is 0.904. The summed E-state index contributed by atoms with van der Waals surface area (Å²) in [6.45, 7) is 0.910. The van der Waals surface area contributed by atoms with Crippen molar-refractivity contribution >= 4 is 47.5 Å². The number of hydrogen-bond donors (Lipinski definition) is 0. The number of carbonyl (C=O) groups is 1. The molecule has 0 N–H and O–H groups in total. The Morgan fingerprint density at radius 1 is 0.378 bits per heavy atom. The van der Waals surface area contributed by atoms with Gasteiger partial charge in [0.15, 0.2) is 0 Å². The number of unbranched alkanes of at least 4 members (excludes halogenated alkanes) is 24. The maximum absolute atomic E-state index is 14.4. The standard InChI is InChI=1S/C52H101NO21S4.4Na/c1-4-7-9-11-13-15-17-19-21-23-25-27-29-31-33-35-38-67-43-49(68-39-36-34-32-30-28-26-24-22-20-18-16-14-12-10-8-5-2)40-52(54)53(37-6-3)48(41-69-50(44-71-75(55,56)57)45-72-76(58,59)60)42-70-51(46-73-77(61,62)63)47-74-78(64,65)66;;;;/h19-22,48-51H,4-18,23-47H2,1-3H3,(H,55,56,57)(H,58,59,60)(H,61,62,63)(H,64,65,66);;;;/q;4*+1/p-4/b21-19-,22-20-;;;;. The molecule has 0 aliphatic heterocycles. The Kier molecular flexibility index (Phi) is 69.0. The summed E-state index contributed by atoms with van der Waals surface area (Å²) in [6.07, 6.45) is 36.9. The third-order valence-electron chi connectivity index (χ3n) is 12.4. The molecule has 464 valence electrons. The van der Waals surface area contributed by atoms with Crippen molar-refractivity contribution in [2.75, 3.05) is 66.0 Å². The van der Waals surface area contributed by atoms with Gasteiger partial charge in [-0.1, -0.05) is 161 Å². The molecule has 0 aromatic heterocycles. The molecule has 0 aromatic rings. The van der Waals surface area contributed by atoms with Gasteiger partial charge in [-0.25, -0.2) is 33.7 Å². The van der Waals surface area contributed by atoms with Crippen LogP contribution in [0.1, 0.15) is 213 Å². The van der Waals surface area contributed by atoms with Gasteiger partial charge in [-0.3, -0.25) is 21.5 Å². The fourth-order valence-corrected chi connectivity index (χ4v) is 9.42. The molecule has 1 atom stereocenters. The SMILES string of the molecule is CCCCCCCC/C=C\CCCCCCCCOCC(CC(=O)N(CCC)C(COC(COS(=O)(=O)[O-])COS(=O)(=O)[O-])COC(COS(=O)(=O)[O-])COS(=O)(=O)[O-])OCCCCCCCC/C=C\CCCCCCCC.[Na+].[Na+].[Na+].[Na+]. The Balaban J connectivity index is -0.00000494. The van der Waals surface area contributed by atoms with Crippen LogP contribution in [0.25, 0.3) is 0 Å². The van der Waals surface area contributed by atoms with Crippen molar-refractivity contribution in [1.29, 1.82) is 0 Å². The first-order valence-corrected chi connectivity index (χ1v) is 33.8. The first-order valence-electron chi connectivity index (χ1n) is 28.5. The van der Waals surface area contributed by atoms with Crippen LogP contribution in [0.5, 0.6) is 0 Å². The monoisotopic (exact) mass is 1290 g/mol. The van der Waals surface area contributed by atoms with Crippen LogP contribution in [0.15, 0.2) is 24.3 Å². The van der Waals surface area contributed by atoms with E-state index in [0.29, 0.717) is 26.1 Å². The van der Waals surface area contributed by atoms with Crippen LogP contribution in [0.3, 0.4) is 0 Å². The number of rotatable bonds is 58. The van der Waals surface area contributed by atoms with Gasteiger partial charge in [-0.05, 0) is 70.6 Å².